The van der Waals surface area contributed by atoms with Crippen LogP contribution in [0.3, 0.4) is 0 Å². The number of piperazine rings is 1. The number of aryl methyl sites for hydroxylation is 2. The van der Waals surface area contributed by atoms with Crippen LogP contribution in [-0.2, 0) is 0 Å². The number of nitrogens with one attached hydrogen (secondary N) is 1. The molecule has 1 aliphatic rings. The maximum Gasteiger partial charge on any atom is 0.0351 e. The first kappa shape index (κ1) is 20.7. The van der Waals surface area contributed by atoms with E-state index in [1.807, 2.05) is 0 Å². The zero-order valence-electron chi connectivity index (χ0n) is 13.7. The van der Waals surface area contributed by atoms with Gasteiger partial charge in [-0.25, -0.2) is 0 Å². The van der Waals surface area contributed by atoms with E-state index in [0.29, 0.717) is 6.04 Å². The van der Waals surface area contributed by atoms with Crippen LogP contribution in [0, 0.1) is 19.8 Å². The molecule has 122 valence electrons. The SMILES string of the molecule is Cc1cc(C)cc([C@H](CC(C)C)N2CCNCC2)c1.Cl.Cl. The first-order chi connectivity index (χ1) is 9.06. The molecule has 0 aliphatic carbocycles. The molecule has 0 saturated carbocycles. The predicted molar refractivity (Wildman–Crippen MR) is 97.1 cm³/mol. The number of hydrogen-bond acceptors (Lipinski definition) is 2. The van der Waals surface area contributed by atoms with Crippen molar-refractivity contribution in [3.05, 3.63) is 34.9 Å². The first-order valence-electron chi connectivity index (χ1n) is 7.59. The summed E-state index contributed by atoms with van der Waals surface area (Å²) in [6.45, 7) is 13.7. The molecule has 0 radical (unpaired) electrons. The molecule has 1 heterocycles. The van der Waals surface area contributed by atoms with E-state index in [9.17, 15) is 0 Å². The largest absolute Gasteiger partial charge is 0.314 e. The summed E-state index contributed by atoms with van der Waals surface area (Å²) in [6.07, 6.45) is 1.25. The van der Waals surface area contributed by atoms with Gasteiger partial charge in [0.1, 0.15) is 0 Å². The Hall–Kier alpha value is -0.280. The summed E-state index contributed by atoms with van der Waals surface area (Å²) in [5.74, 6) is 0.737. The van der Waals surface area contributed by atoms with E-state index in [1.54, 1.807) is 0 Å². The van der Waals surface area contributed by atoms with Crippen LogP contribution in [0.2, 0.25) is 0 Å². The van der Waals surface area contributed by atoms with Gasteiger partial charge in [-0.2, -0.15) is 0 Å². The van der Waals surface area contributed by atoms with Gasteiger partial charge in [0.15, 0.2) is 0 Å². The van der Waals surface area contributed by atoms with Crippen molar-refractivity contribution in [1.82, 2.24) is 10.2 Å². The minimum atomic E-state index is 0. The van der Waals surface area contributed by atoms with E-state index in [4.69, 9.17) is 0 Å². The highest BCUT2D eigenvalue weighted by Gasteiger charge is 2.23. The van der Waals surface area contributed by atoms with E-state index >= 15 is 0 Å². The van der Waals surface area contributed by atoms with Gasteiger partial charge in [0.25, 0.3) is 0 Å². The minimum absolute atomic E-state index is 0. The van der Waals surface area contributed by atoms with Crippen LogP contribution >= 0.6 is 24.8 Å². The molecular weight excluding hydrogens is 303 g/mol. The van der Waals surface area contributed by atoms with Crippen molar-refractivity contribution in [2.45, 2.75) is 40.2 Å². The van der Waals surface area contributed by atoms with E-state index in [-0.39, 0.29) is 24.8 Å². The molecular formula is C17H30Cl2N2. The number of halogens is 2. The van der Waals surface area contributed by atoms with E-state index in [2.05, 4.69) is 56.1 Å². The van der Waals surface area contributed by atoms with Crippen LogP contribution in [0.15, 0.2) is 18.2 Å². The second kappa shape index (κ2) is 9.68. The third kappa shape index (κ3) is 6.15. The molecule has 1 aliphatic heterocycles. The maximum absolute atomic E-state index is 3.46. The predicted octanol–water partition coefficient (Wildman–Crippen LogP) is 4.14. The zero-order valence-corrected chi connectivity index (χ0v) is 15.3. The summed E-state index contributed by atoms with van der Waals surface area (Å²) in [5, 5.41) is 3.46. The topological polar surface area (TPSA) is 15.3 Å². The van der Waals surface area contributed by atoms with Gasteiger partial charge >= 0.3 is 0 Å². The summed E-state index contributed by atoms with van der Waals surface area (Å²) in [4.78, 5) is 2.66. The summed E-state index contributed by atoms with van der Waals surface area (Å²) in [5.41, 5.74) is 4.28. The number of hydrogen-bond donors (Lipinski definition) is 1. The van der Waals surface area contributed by atoms with E-state index < -0.39 is 0 Å². The zero-order chi connectivity index (χ0) is 13.8. The summed E-state index contributed by atoms with van der Waals surface area (Å²) in [6, 6.07) is 7.61. The third-order valence-electron chi connectivity index (χ3n) is 3.92. The van der Waals surface area contributed by atoms with Gasteiger partial charge in [-0.3, -0.25) is 4.90 Å². The van der Waals surface area contributed by atoms with Gasteiger partial charge in [0, 0.05) is 32.2 Å². The minimum Gasteiger partial charge on any atom is -0.314 e. The van der Waals surface area contributed by atoms with Crippen molar-refractivity contribution in [1.29, 1.82) is 0 Å². The molecule has 0 unspecified atom stereocenters. The summed E-state index contributed by atoms with van der Waals surface area (Å²) in [7, 11) is 0. The van der Waals surface area contributed by atoms with Gasteiger partial charge in [-0.1, -0.05) is 43.2 Å². The van der Waals surface area contributed by atoms with Crippen molar-refractivity contribution in [2.24, 2.45) is 5.92 Å². The molecule has 2 nitrogen and oxygen atoms in total. The Morgan fingerprint density at radius 3 is 2.00 bits per heavy atom. The fraction of sp³-hybridized carbons (Fsp3) is 0.647. The highest BCUT2D eigenvalue weighted by Crippen LogP contribution is 2.29. The van der Waals surface area contributed by atoms with Crippen molar-refractivity contribution < 1.29 is 0 Å². The normalized spacial score (nSPS) is 17.0. The van der Waals surface area contributed by atoms with E-state index in [0.717, 1.165) is 19.0 Å². The lowest BCUT2D eigenvalue weighted by Crippen LogP contribution is -2.45. The maximum atomic E-state index is 3.46. The van der Waals surface area contributed by atoms with Crippen molar-refractivity contribution in [2.75, 3.05) is 26.2 Å². The van der Waals surface area contributed by atoms with Crippen LogP contribution in [0.25, 0.3) is 0 Å². The first-order valence-corrected chi connectivity index (χ1v) is 7.59. The van der Waals surface area contributed by atoms with Crippen molar-refractivity contribution >= 4 is 24.8 Å². The van der Waals surface area contributed by atoms with Crippen LogP contribution in [0.5, 0.6) is 0 Å². The fourth-order valence-electron chi connectivity index (χ4n) is 3.14. The van der Waals surface area contributed by atoms with Crippen LogP contribution < -0.4 is 5.32 Å². The Bertz CT molecular complexity index is 395. The standard InChI is InChI=1S/C17H28N2.2ClH/c1-13(2)9-17(19-7-5-18-6-8-19)16-11-14(3)10-15(4)12-16;;/h10-13,17-18H,5-9H2,1-4H3;2*1H/t17-;;/m0../s1. The fourth-order valence-corrected chi connectivity index (χ4v) is 3.14. The summed E-state index contributed by atoms with van der Waals surface area (Å²) >= 11 is 0. The lowest BCUT2D eigenvalue weighted by molar-refractivity contribution is 0.154. The molecule has 1 aromatic carbocycles. The molecule has 0 aromatic heterocycles. The average molecular weight is 333 g/mol. The molecule has 1 atom stereocenters. The Kier molecular flexibility index (Phi) is 9.55. The monoisotopic (exact) mass is 332 g/mol. The molecule has 1 N–H and O–H groups in total. The Morgan fingerprint density at radius 1 is 1.00 bits per heavy atom. The summed E-state index contributed by atoms with van der Waals surface area (Å²) < 4.78 is 0. The van der Waals surface area contributed by atoms with E-state index in [1.165, 1.54) is 36.2 Å². The second-order valence-electron chi connectivity index (χ2n) is 6.35. The highest BCUT2D eigenvalue weighted by molar-refractivity contribution is 5.85. The van der Waals surface area contributed by atoms with Gasteiger partial charge < -0.3 is 5.32 Å². The number of nitrogens with zero attached hydrogens (tertiary/aromatic N) is 1. The molecule has 0 spiro atoms. The molecule has 4 heteroatoms. The van der Waals surface area contributed by atoms with Crippen molar-refractivity contribution in [3.63, 3.8) is 0 Å². The Balaban J connectivity index is 0.00000200. The van der Waals surface area contributed by atoms with Gasteiger partial charge in [0.2, 0.25) is 0 Å². The third-order valence-corrected chi connectivity index (χ3v) is 3.92. The second-order valence-corrected chi connectivity index (χ2v) is 6.35. The Labute approximate surface area is 142 Å². The molecule has 2 rings (SSSR count). The average Bonchev–Trinajstić information content (AvgIpc) is 2.35. The van der Waals surface area contributed by atoms with Gasteiger partial charge in [-0.15, -0.1) is 24.8 Å². The number of rotatable bonds is 4. The van der Waals surface area contributed by atoms with Crippen LogP contribution in [0.4, 0.5) is 0 Å². The molecule has 0 amide bonds. The molecule has 0 bridgehead atoms. The molecule has 1 saturated heterocycles. The molecule has 1 fully saturated rings. The highest BCUT2D eigenvalue weighted by atomic mass is 35.5. The molecule has 21 heavy (non-hydrogen) atoms. The van der Waals surface area contributed by atoms with Gasteiger partial charge in [-0.05, 0) is 31.7 Å². The lowest BCUT2D eigenvalue weighted by atomic mass is 9.93. The quantitative estimate of drug-likeness (QED) is 0.891. The lowest BCUT2D eigenvalue weighted by Gasteiger charge is -2.36. The Morgan fingerprint density at radius 2 is 1.52 bits per heavy atom. The number of benzene rings is 1. The van der Waals surface area contributed by atoms with Crippen LogP contribution in [-0.4, -0.2) is 31.1 Å². The van der Waals surface area contributed by atoms with Crippen LogP contribution in [0.1, 0.15) is 43.0 Å². The smallest absolute Gasteiger partial charge is 0.0351 e. The molecule has 1 aromatic rings. The van der Waals surface area contributed by atoms with Crippen molar-refractivity contribution in [3.8, 4) is 0 Å². The van der Waals surface area contributed by atoms with Gasteiger partial charge in [0.05, 0.1) is 0 Å².